The summed E-state index contributed by atoms with van der Waals surface area (Å²) in [7, 11) is 0. The molecule has 0 aliphatic rings. The number of amides is 1. The van der Waals surface area contributed by atoms with Crippen molar-refractivity contribution in [2.45, 2.75) is 26.7 Å². The summed E-state index contributed by atoms with van der Waals surface area (Å²) in [4.78, 5) is 16.8. The van der Waals surface area contributed by atoms with E-state index in [2.05, 4.69) is 29.4 Å². The summed E-state index contributed by atoms with van der Waals surface area (Å²) in [5.74, 6) is 1.20. The van der Waals surface area contributed by atoms with E-state index in [0.717, 1.165) is 34.3 Å². The number of anilines is 1. The van der Waals surface area contributed by atoms with Crippen LogP contribution in [0.4, 0.5) is 5.69 Å². The third-order valence-corrected chi connectivity index (χ3v) is 4.95. The third-order valence-electron chi connectivity index (χ3n) is 4.95. The second-order valence-electron chi connectivity index (χ2n) is 7.24. The molecule has 0 radical (unpaired) electrons. The van der Waals surface area contributed by atoms with Crippen LogP contribution >= 0.6 is 0 Å². The van der Waals surface area contributed by atoms with Gasteiger partial charge in [-0.05, 0) is 60.4 Å². The average molecular weight is 400 g/mol. The van der Waals surface area contributed by atoms with Crippen molar-refractivity contribution < 1.29 is 13.9 Å². The van der Waals surface area contributed by atoms with E-state index in [9.17, 15) is 4.79 Å². The Kier molecular flexibility index (Phi) is 5.80. The molecular weight excluding hydrogens is 376 g/mol. The minimum Gasteiger partial charge on any atom is -0.483 e. The fourth-order valence-electron chi connectivity index (χ4n) is 3.26. The molecule has 1 N–H and O–H groups in total. The van der Waals surface area contributed by atoms with Gasteiger partial charge in [0.2, 0.25) is 0 Å². The van der Waals surface area contributed by atoms with Crippen LogP contribution in [0.1, 0.15) is 29.5 Å². The quantitative estimate of drug-likeness (QED) is 0.457. The number of fused-ring (bicyclic) bond motifs is 1. The Labute approximate surface area is 175 Å². The van der Waals surface area contributed by atoms with Gasteiger partial charge >= 0.3 is 0 Å². The van der Waals surface area contributed by atoms with Gasteiger partial charge in [-0.1, -0.05) is 43.3 Å². The van der Waals surface area contributed by atoms with Crippen LogP contribution in [0.3, 0.4) is 0 Å². The molecule has 0 aliphatic heterocycles. The number of nitrogens with one attached hydrogen (secondary N) is 1. The van der Waals surface area contributed by atoms with Crippen LogP contribution in [0.2, 0.25) is 0 Å². The summed E-state index contributed by atoms with van der Waals surface area (Å²) in [5.41, 5.74) is 5.73. The first kappa shape index (κ1) is 19.7. The lowest BCUT2D eigenvalue weighted by atomic mass is 10.1. The standard InChI is InChI=1S/C25H24N2O3/c1-3-18-10-13-23-21(14-18)27-25(30-23)15-19-8-11-20(12-9-19)26-24(28)16-29-22-7-5-4-6-17(22)2/h4-14H,3,15-16H2,1-2H3,(H,26,28). The van der Waals surface area contributed by atoms with E-state index in [-0.39, 0.29) is 12.5 Å². The first-order valence-corrected chi connectivity index (χ1v) is 10.1. The Balaban J connectivity index is 1.34. The van der Waals surface area contributed by atoms with Gasteiger partial charge in [-0.2, -0.15) is 0 Å². The predicted molar refractivity (Wildman–Crippen MR) is 118 cm³/mol. The largest absolute Gasteiger partial charge is 0.483 e. The number of ether oxygens (including phenoxy) is 1. The Hall–Kier alpha value is -3.60. The maximum absolute atomic E-state index is 12.2. The summed E-state index contributed by atoms with van der Waals surface area (Å²) in [6, 6.07) is 21.4. The number of aryl methyl sites for hydroxylation is 2. The monoisotopic (exact) mass is 400 g/mol. The first-order chi connectivity index (χ1) is 14.6. The van der Waals surface area contributed by atoms with E-state index < -0.39 is 0 Å². The fourth-order valence-corrected chi connectivity index (χ4v) is 3.26. The molecule has 4 aromatic rings. The van der Waals surface area contributed by atoms with Crippen molar-refractivity contribution in [2.75, 3.05) is 11.9 Å². The van der Waals surface area contributed by atoms with Crippen LogP contribution in [0.5, 0.6) is 5.75 Å². The molecule has 1 amide bonds. The van der Waals surface area contributed by atoms with Crippen LogP contribution in [0.15, 0.2) is 71.1 Å². The highest BCUT2D eigenvalue weighted by Gasteiger charge is 2.09. The zero-order chi connectivity index (χ0) is 20.9. The highest BCUT2D eigenvalue weighted by Crippen LogP contribution is 2.21. The lowest BCUT2D eigenvalue weighted by Crippen LogP contribution is -2.20. The van der Waals surface area contributed by atoms with Gasteiger partial charge in [-0.3, -0.25) is 4.79 Å². The van der Waals surface area contributed by atoms with Crippen LogP contribution < -0.4 is 10.1 Å². The van der Waals surface area contributed by atoms with Gasteiger partial charge in [0, 0.05) is 12.1 Å². The molecule has 5 nitrogen and oxygen atoms in total. The summed E-state index contributed by atoms with van der Waals surface area (Å²) < 4.78 is 11.4. The van der Waals surface area contributed by atoms with E-state index >= 15 is 0 Å². The minimum atomic E-state index is -0.198. The molecule has 5 heteroatoms. The van der Waals surface area contributed by atoms with Gasteiger partial charge in [0.1, 0.15) is 11.3 Å². The molecule has 0 saturated heterocycles. The maximum atomic E-state index is 12.2. The first-order valence-electron chi connectivity index (χ1n) is 10.1. The van der Waals surface area contributed by atoms with Crippen molar-refractivity contribution in [1.29, 1.82) is 0 Å². The lowest BCUT2D eigenvalue weighted by Gasteiger charge is -2.09. The molecule has 3 aromatic carbocycles. The normalized spacial score (nSPS) is 10.9. The number of rotatable bonds is 7. The number of benzene rings is 3. The summed E-state index contributed by atoms with van der Waals surface area (Å²) in [5, 5.41) is 2.85. The number of oxazole rings is 1. The van der Waals surface area contributed by atoms with E-state index in [1.165, 1.54) is 5.56 Å². The molecule has 4 rings (SSSR count). The number of para-hydroxylation sites is 1. The van der Waals surface area contributed by atoms with E-state index in [0.29, 0.717) is 18.1 Å². The van der Waals surface area contributed by atoms with Crippen LogP contribution in [0, 0.1) is 6.92 Å². The average Bonchev–Trinajstić information content (AvgIpc) is 3.16. The van der Waals surface area contributed by atoms with E-state index in [1.54, 1.807) is 0 Å². The SMILES string of the molecule is CCc1ccc2oc(Cc3ccc(NC(=O)COc4ccccc4C)cc3)nc2c1. The van der Waals surface area contributed by atoms with Gasteiger partial charge in [0.25, 0.3) is 5.91 Å². The molecular formula is C25H24N2O3. The molecule has 30 heavy (non-hydrogen) atoms. The molecule has 1 aromatic heterocycles. The van der Waals surface area contributed by atoms with Crippen LogP contribution in [-0.2, 0) is 17.6 Å². The number of hydrogen-bond acceptors (Lipinski definition) is 4. The zero-order valence-electron chi connectivity index (χ0n) is 17.1. The van der Waals surface area contributed by atoms with Crippen molar-refractivity contribution in [3.05, 3.63) is 89.3 Å². The van der Waals surface area contributed by atoms with Crippen molar-refractivity contribution >= 4 is 22.7 Å². The lowest BCUT2D eigenvalue weighted by molar-refractivity contribution is -0.118. The third kappa shape index (κ3) is 4.69. The van der Waals surface area contributed by atoms with Crippen molar-refractivity contribution in [3.63, 3.8) is 0 Å². The molecule has 0 spiro atoms. The van der Waals surface area contributed by atoms with Gasteiger partial charge in [0.05, 0.1) is 0 Å². The second-order valence-corrected chi connectivity index (χ2v) is 7.24. The molecule has 0 bridgehead atoms. The molecule has 0 unspecified atom stereocenters. The summed E-state index contributed by atoms with van der Waals surface area (Å²) >= 11 is 0. The Morgan fingerprint density at radius 3 is 2.57 bits per heavy atom. The molecule has 0 fully saturated rings. The van der Waals surface area contributed by atoms with Gasteiger partial charge in [0.15, 0.2) is 18.1 Å². The van der Waals surface area contributed by atoms with Crippen LogP contribution in [-0.4, -0.2) is 17.5 Å². The molecule has 0 atom stereocenters. The fraction of sp³-hybridized carbons (Fsp3) is 0.200. The number of aromatic nitrogens is 1. The van der Waals surface area contributed by atoms with E-state index in [4.69, 9.17) is 9.15 Å². The van der Waals surface area contributed by atoms with Crippen molar-refractivity contribution in [2.24, 2.45) is 0 Å². The second kappa shape index (κ2) is 8.82. The Morgan fingerprint density at radius 2 is 1.80 bits per heavy atom. The topological polar surface area (TPSA) is 64.4 Å². The predicted octanol–water partition coefficient (Wildman–Crippen LogP) is 5.31. The highest BCUT2D eigenvalue weighted by atomic mass is 16.5. The number of carbonyl (C=O) groups excluding carboxylic acids is 1. The van der Waals surface area contributed by atoms with E-state index in [1.807, 2.05) is 61.5 Å². The summed E-state index contributed by atoms with van der Waals surface area (Å²) in [6.45, 7) is 4.04. The minimum absolute atomic E-state index is 0.0325. The number of nitrogens with zero attached hydrogens (tertiary/aromatic N) is 1. The molecule has 152 valence electrons. The Bertz CT molecular complexity index is 1160. The van der Waals surface area contributed by atoms with Gasteiger partial charge in [-0.25, -0.2) is 4.98 Å². The molecule has 0 saturated carbocycles. The van der Waals surface area contributed by atoms with Crippen molar-refractivity contribution in [3.8, 4) is 5.75 Å². The van der Waals surface area contributed by atoms with Crippen LogP contribution in [0.25, 0.3) is 11.1 Å². The maximum Gasteiger partial charge on any atom is 0.262 e. The number of carbonyl (C=O) groups is 1. The highest BCUT2D eigenvalue weighted by molar-refractivity contribution is 5.91. The van der Waals surface area contributed by atoms with Crippen molar-refractivity contribution in [1.82, 2.24) is 4.98 Å². The smallest absolute Gasteiger partial charge is 0.262 e. The summed E-state index contributed by atoms with van der Waals surface area (Å²) in [6.07, 6.45) is 1.57. The van der Waals surface area contributed by atoms with Gasteiger partial charge in [-0.15, -0.1) is 0 Å². The molecule has 1 heterocycles. The zero-order valence-corrected chi connectivity index (χ0v) is 17.1. The Morgan fingerprint density at radius 1 is 1.03 bits per heavy atom. The molecule has 0 aliphatic carbocycles. The number of hydrogen-bond donors (Lipinski definition) is 1. The van der Waals surface area contributed by atoms with Gasteiger partial charge < -0.3 is 14.5 Å².